The summed E-state index contributed by atoms with van der Waals surface area (Å²) in [5.74, 6) is 0. The lowest BCUT2D eigenvalue weighted by molar-refractivity contribution is -0.139. The smallest absolute Gasteiger partial charge is 0.253 e. The molecule has 2 atom stereocenters. The second-order valence-electron chi connectivity index (χ2n) is 11.7. The zero-order chi connectivity index (χ0) is 28.9. The first-order valence-corrected chi connectivity index (χ1v) is 14.9. The van der Waals surface area contributed by atoms with E-state index in [9.17, 15) is 14.7 Å². The highest BCUT2D eigenvalue weighted by atomic mass is 35.5. The summed E-state index contributed by atoms with van der Waals surface area (Å²) in [7, 11) is 2.12. The van der Waals surface area contributed by atoms with Crippen molar-refractivity contribution in [3.63, 3.8) is 0 Å². The normalized spacial score (nSPS) is 24.1. The number of halogens is 1. The predicted octanol–water partition coefficient (Wildman–Crippen LogP) is 3.98. The van der Waals surface area contributed by atoms with Crippen LogP contribution in [-0.4, -0.2) is 76.2 Å². The van der Waals surface area contributed by atoms with Gasteiger partial charge in [0.15, 0.2) is 0 Å². The van der Waals surface area contributed by atoms with Gasteiger partial charge in [0.25, 0.3) is 5.56 Å². The zero-order valence-electron chi connectivity index (χ0n) is 23.7. The van der Waals surface area contributed by atoms with Crippen molar-refractivity contribution in [3.8, 4) is 11.3 Å². The lowest BCUT2D eigenvalue weighted by Crippen LogP contribution is -2.60. The maximum Gasteiger partial charge on any atom is 0.253 e. The van der Waals surface area contributed by atoms with Crippen molar-refractivity contribution in [2.75, 3.05) is 39.8 Å². The number of carbonyl (C=O) groups is 1. The summed E-state index contributed by atoms with van der Waals surface area (Å²) >= 11 is 5.93. The standard InChI is InChI=1S/C21H26ClN3O2.C11H14N2O/c1-24-11-10-21(27,20(13-24)8-2-3-9-20)14-25-15-23-18(12-19(25)26)16-4-6-17(22)7-5-16;14-9-13-7-6-12-8-11(13)10-4-2-1-3-5-10/h4-7,12,15,27H,2-3,8-11,13-14H2,1H3;1-5,9,11-12H,6-8H2. The molecule has 1 amide bonds. The van der Waals surface area contributed by atoms with Crippen molar-refractivity contribution < 1.29 is 9.90 Å². The van der Waals surface area contributed by atoms with Crippen LogP contribution in [0.25, 0.3) is 11.3 Å². The minimum Gasteiger partial charge on any atom is -0.387 e. The van der Waals surface area contributed by atoms with Crippen LogP contribution in [0, 0.1) is 5.41 Å². The fourth-order valence-corrected chi connectivity index (χ4v) is 6.87. The number of benzene rings is 2. The predicted molar refractivity (Wildman–Crippen MR) is 162 cm³/mol. The Morgan fingerprint density at radius 3 is 2.49 bits per heavy atom. The van der Waals surface area contributed by atoms with Gasteiger partial charge in [-0.1, -0.05) is 66.9 Å². The zero-order valence-corrected chi connectivity index (χ0v) is 24.5. The summed E-state index contributed by atoms with van der Waals surface area (Å²) in [6.07, 6.45) is 7.56. The summed E-state index contributed by atoms with van der Waals surface area (Å²) in [5.41, 5.74) is 1.58. The van der Waals surface area contributed by atoms with Crippen LogP contribution in [-0.2, 0) is 11.3 Å². The number of nitrogens with one attached hydrogen (secondary N) is 1. The van der Waals surface area contributed by atoms with Crippen molar-refractivity contribution in [3.05, 3.63) is 87.9 Å². The molecular formula is C32H40ClN5O3. The molecule has 0 bridgehead atoms. The van der Waals surface area contributed by atoms with E-state index in [2.05, 4.69) is 34.4 Å². The van der Waals surface area contributed by atoms with Crippen molar-refractivity contribution in [1.29, 1.82) is 0 Å². The third-order valence-electron chi connectivity index (χ3n) is 9.08. The molecule has 1 aliphatic carbocycles. The lowest BCUT2D eigenvalue weighted by Gasteiger charge is -2.51. The van der Waals surface area contributed by atoms with Crippen LogP contribution in [0.3, 0.4) is 0 Å². The molecule has 2 saturated heterocycles. The van der Waals surface area contributed by atoms with E-state index in [0.717, 1.165) is 70.4 Å². The Morgan fingerprint density at radius 2 is 1.80 bits per heavy atom. The van der Waals surface area contributed by atoms with Gasteiger partial charge in [-0.05, 0) is 44.0 Å². The summed E-state index contributed by atoms with van der Waals surface area (Å²) in [6, 6.07) is 19.2. The van der Waals surface area contributed by atoms with Gasteiger partial charge >= 0.3 is 0 Å². The molecule has 218 valence electrons. The van der Waals surface area contributed by atoms with Gasteiger partial charge in [-0.15, -0.1) is 0 Å². The van der Waals surface area contributed by atoms with Crippen molar-refractivity contribution >= 4 is 18.0 Å². The Kier molecular flexibility index (Phi) is 9.24. The number of piperazine rings is 1. The summed E-state index contributed by atoms with van der Waals surface area (Å²) in [4.78, 5) is 32.2. The Bertz CT molecular complexity index is 1360. The first-order chi connectivity index (χ1) is 19.8. The van der Waals surface area contributed by atoms with E-state index in [1.165, 1.54) is 5.56 Å². The van der Waals surface area contributed by atoms with E-state index >= 15 is 0 Å². The van der Waals surface area contributed by atoms with Gasteiger partial charge in [-0.25, -0.2) is 4.98 Å². The molecule has 2 aromatic carbocycles. The number of hydrogen-bond donors (Lipinski definition) is 2. The van der Waals surface area contributed by atoms with Crippen LogP contribution < -0.4 is 10.9 Å². The minimum absolute atomic E-state index is 0.117. The van der Waals surface area contributed by atoms with E-state index in [4.69, 9.17) is 11.6 Å². The number of aliphatic hydroxyl groups is 1. The molecule has 2 unspecified atom stereocenters. The van der Waals surface area contributed by atoms with Crippen LogP contribution in [0.5, 0.6) is 0 Å². The molecule has 3 aliphatic rings. The third-order valence-corrected chi connectivity index (χ3v) is 9.34. The molecule has 2 aliphatic heterocycles. The van der Waals surface area contributed by atoms with Crippen LogP contribution in [0.2, 0.25) is 5.02 Å². The first-order valence-electron chi connectivity index (χ1n) is 14.5. The van der Waals surface area contributed by atoms with Crippen molar-refractivity contribution in [2.24, 2.45) is 5.41 Å². The number of aromatic nitrogens is 2. The monoisotopic (exact) mass is 577 g/mol. The molecule has 0 radical (unpaired) electrons. The van der Waals surface area contributed by atoms with E-state index in [1.807, 2.05) is 35.2 Å². The van der Waals surface area contributed by atoms with E-state index < -0.39 is 5.60 Å². The highest BCUT2D eigenvalue weighted by Gasteiger charge is 2.54. The fourth-order valence-electron chi connectivity index (χ4n) is 6.74. The third kappa shape index (κ3) is 6.56. The molecule has 3 fully saturated rings. The Hall–Kier alpha value is -3.04. The second-order valence-corrected chi connectivity index (χ2v) is 12.2. The van der Waals surface area contributed by atoms with Crippen molar-refractivity contribution in [2.45, 2.75) is 50.3 Å². The number of nitrogens with zero attached hydrogens (tertiary/aromatic N) is 4. The number of carbonyl (C=O) groups excluding carboxylic acids is 1. The van der Waals surface area contributed by atoms with Gasteiger partial charge in [0.05, 0.1) is 30.2 Å². The Morgan fingerprint density at radius 1 is 1.07 bits per heavy atom. The molecule has 1 aromatic heterocycles. The number of hydrogen-bond acceptors (Lipinski definition) is 6. The van der Waals surface area contributed by atoms with Gasteiger partial charge in [-0.3, -0.25) is 14.2 Å². The topological polar surface area (TPSA) is 90.7 Å². The largest absolute Gasteiger partial charge is 0.387 e. The van der Waals surface area contributed by atoms with Gasteiger partial charge in [-0.2, -0.15) is 0 Å². The molecule has 3 heterocycles. The number of piperidine rings is 1. The Balaban J connectivity index is 0.000000202. The molecule has 2 N–H and O–H groups in total. The van der Waals surface area contributed by atoms with E-state index in [1.54, 1.807) is 29.1 Å². The molecule has 1 spiro atoms. The highest BCUT2D eigenvalue weighted by Crippen LogP contribution is 2.51. The molecular weight excluding hydrogens is 538 g/mol. The quantitative estimate of drug-likeness (QED) is 0.446. The molecule has 1 saturated carbocycles. The van der Waals surface area contributed by atoms with Crippen LogP contribution in [0.4, 0.5) is 0 Å². The van der Waals surface area contributed by atoms with Gasteiger partial charge in [0.1, 0.15) is 0 Å². The minimum atomic E-state index is -0.858. The van der Waals surface area contributed by atoms with Crippen LogP contribution in [0.15, 0.2) is 71.8 Å². The summed E-state index contributed by atoms with van der Waals surface area (Å²) in [6.45, 7) is 4.60. The second kappa shape index (κ2) is 12.9. The summed E-state index contributed by atoms with van der Waals surface area (Å²) < 4.78 is 1.57. The van der Waals surface area contributed by atoms with Gasteiger partial charge in [0.2, 0.25) is 6.41 Å². The number of rotatable bonds is 5. The number of amides is 1. The fraction of sp³-hybridized carbons (Fsp3) is 0.469. The van der Waals surface area contributed by atoms with Gasteiger partial charge in [0, 0.05) is 54.8 Å². The first kappa shape index (κ1) is 29.5. The van der Waals surface area contributed by atoms with E-state index in [-0.39, 0.29) is 17.0 Å². The molecule has 9 heteroatoms. The SMILES string of the molecule is CN1CCC(O)(Cn2cnc(-c3ccc(Cl)cc3)cc2=O)C2(CCCC2)C1.O=CN1CCNCC1c1ccccc1. The maximum atomic E-state index is 12.7. The van der Waals surface area contributed by atoms with Gasteiger partial charge < -0.3 is 20.2 Å². The Labute approximate surface area is 247 Å². The molecule has 3 aromatic rings. The van der Waals surface area contributed by atoms with Crippen molar-refractivity contribution in [1.82, 2.24) is 24.7 Å². The lowest BCUT2D eigenvalue weighted by atomic mass is 9.66. The molecule has 41 heavy (non-hydrogen) atoms. The molecule has 6 rings (SSSR count). The summed E-state index contributed by atoms with van der Waals surface area (Å²) in [5, 5.41) is 15.6. The maximum absolute atomic E-state index is 12.7. The van der Waals surface area contributed by atoms with Crippen LogP contribution in [0.1, 0.15) is 43.7 Å². The average molecular weight is 578 g/mol. The van der Waals surface area contributed by atoms with Crippen LogP contribution >= 0.6 is 11.6 Å². The highest BCUT2D eigenvalue weighted by molar-refractivity contribution is 6.30. The van der Waals surface area contributed by atoms with E-state index in [0.29, 0.717) is 23.7 Å². The number of likely N-dealkylation sites (tertiary alicyclic amines) is 1. The average Bonchev–Trinajstić information content (AvgIpc) is 3.47. The molecule has 8 nitrogen and oxygen atoms in total.